The zero-order valence-corrected chi connectivity index (χ0v) is 12.0. The maximum absolute atomic E-state index is 12.9. The third-order valence-electron chi connectivity index (χ3n) is 3.26. The first kappa shape index (κ1) is 15.3. The average molecular weight is 289 g/mol. The molecule has 2 N–H and O–H groups in total. The molecule has 0 amide bonds. The summed E-state index contributed by atoms with van der Waals surface area (Å²) in [4.78, 5) is 1.94. The van der Waals surface area contributed by atoms with Crippen molar-refractivity contribution >= 4 is 18.3 Å². The second-order valence-electron chi connectivity index (χ2n) is 4.78. The van der Waals surface area contributed by atoms with Crippen LogP contribution in [0.2, 0.25) is 0 Å². The molecule has 0 unspecified atom stereocenters. The molecular formula is C15H17BFNO3. The van der Waals surface area contributed by atoms with Gasteiger partial charge in [-0.15, -0.1) is 0 Å². The largest absolute Gasteiger partial charge is 0.497 e. The molecule has 0 aliphatic rings. The minimum absolute atomic E-state index is 0.276. The maximum atomic E-state index is 12.9. The molecule has 2 aromatic carbocycles. The lowest BCUT2D eigenvalue weighted by Crippen LogP contribution is -2.32. The number of halogens is 1. The van der Waals surface area contributed by atoms with Crippen molar-refractivity contribution in [3.05, 3.63) is 53.8 Å². The molecule has 0 aliphatic heterocycles. The zero-order chi connectivity index (χ0) is 15.4. The number of methoxy groups -OCH3 is 1. The van der Waals surface area contributed by atoms with Crippen molar-refractivity contribution in [1.82, 2.24) is 0 Å². The average Bonchev–Trinajstić information content (AvgIpc) is 2.47. The van der Waals surface area contributed by atoms with E-state index in [4.69, 9.17) is 4.74 Å². The Bertz CT molecular complexity index is 604. The molecule has 0 saturated carbocycles. The molecule has 0 aliphatic carbocycles. The quantitative estimate of drug-likeness (QED) is 0.811. The minimum atomic E-state index is -1.59. The van der Waals surface area contributed by atoms with Gasteiger partial charge in [0.2, 0.25) is 0 Å². The first-order valence-electron chi connectivity index (χ1n) is 6.51. The highest BCUT2D eigenvalue weighted by atomic mass is 19.1. The molecule has 0 spiro atoms. The van der Waals surface area contributed by atoms with Crippen LogP contribution < -0.4 is 15.1 Å². The second-order valence-corrected chi connectivity index (χ2v) is 4.78. The van der Waals surface area contributed by atoms with E-state index < -0.39 is 7.12 Å². The lowest BCUT2D eigenvalue weighted by molar-refractivity contribution is 0.403. The number of rotatable bonds is 5. The third-order valence-corrected chi connectivity index (χ3v) is 3.26. The van der Waals surface area contributed by atoms with E-state index in [0.717, 1.165) is 11.3 Å². The number of hydrogen-bond acceptors (Lipinski definition) is 4. The fourth-order valence-corrected chi connectivity index (χ4v) is 2.14. The van der Waals surface area contributed by atoms with Gasteiger partial charge in [0.1, 0.15) is 11.6 Å². The van der Waals surface area contributed by atoms with E-state index >= 15 is 0 Å². The monoisotopic (exact) mass is 289 g/mol. The maximum Gasteiger partial charge on any atom is 0.492 e. The molecule has 0 aromatic heterocycles. The summed E-state index contributed by atoms with van der Waals surface area (Å²) >= 11 is 0. The van der Waals surface area contributed by atoms with Crippen molar-refractivity contribution in [3.63, 3.8) is 0 Å². The van der Waals surface area contributed by atoms with Gasteiger partial charge in [0.25, 0.3) is 0 Å². The van der Waals surface area contributed by atoms with Gasteiger partial charge in [-0.1, -0.05) is 12.1 Å². The van der Waals surface area contributed by atoms with Gasteiger partial charge in [0.15, 0.2) is 0 Å². The molecule has 2 rings (SSSR count). The Hall–Kier alpha value is -2.05. The Morgan fingerprint density at radius 1 is 1.14 bits per heavy atom. The Morgan fingerprint density at radius 3 is 2.38 bits per heavy atom. The molecule has 0 bridgehead atoms. The summed E-state index contributed by atoms with van der Waals surface area (Å²) in [5.74, 6) is 0.153. The van der Waals surface area contributed by atoms with Crippen molar-refractivity contribution in [2.45, 2.75) is 6.54 Å². The topological polar surface area (TPSA) is 52.9 Å². The Kier molecular flexibility index (Phi) is 4.83. The summed E-state index contributed by atoms with van der Waals surface area (Å²) in [5, 5.41) is 18.7. The second kappa shape index (κ2) is 6.60. The van der Waals surface area contributed by atoms with Crippen LogP contribution in [0.1, 0.15) is 5.56 Å². The first-order valence-corrected chi connectivity index (χ1v) is 6.51. The van der Waals surface area contributed by atoms with Crippen molar-refractivity contribution in [3.8, 4) is 5.75 Å². The molecule has 6 heteroatoms. The van der Waals surface area contributed by atoms with Crippen molar-refractivity contribution in [1.29, 1.82) is 0 Å². The summed E-state index contributed by atoms with van der Waals surface area (Å²) in [5.41, 5.74) is 2.09. The number of nitrogens with zero attached hydrogens (tertiary/aromatic N) is 1. The molecule has 0 radical (unpaired) electrons. The lowest BCUT2D eigenvalue weighted by atomic mass is 9.78. The number of ether oxygens (including phenoxy) is 1. The van der Waals surface area contributed by atoms with Crippen molar-refractivity contribution < 1.29 is 19.2 Å². The predicted octanol–water partition coefficient (Wildman–Crippen LogP) is 1.15. The molecule has 0 saturated heterocycles. The molecular weight excluding hydrogens is 272 g/mol. The predicted molar refractivity (Wildman–Crippen MR) is 81.3 cm³/mol. The Labute approximate surface area is 123 Å². The molecule has 0 heterocycles. The van der Waals surface area contributed by atoms with Crippen LogP contribution in [0.4, 0.5) is 10.1 Å². The lowest BCUT2D eigenvalue weighted by Gasteiger charge is -2.20. The summed E-state index contributed by atoms with van der Waals surface area (Å²) in [6, 6.07) is 11.4. The van der Waals surface area contributed by atoms with Gasteiger partial charge in [-0.05, 0) is 35.9 Å². The normalized spacial score (nSPS) is 10.3. The Balaban J connectivity index is 2.19. The van der Waals surface area contributed by atoms with Crippen LogP contribution in [0.25, 0.3) is 0 Å². The van der Waals surface area contributed by atoms with Gasteiger partial charge >= 0.3 is 7.12 Å². The van der Waals surface area contributed by atoms with Crippen LogP contribution in [-0.2, 0) is 6.54 Å². The zero-order valence-electron chi connectivity index (χ0n) is 12.0. The van der Waals surface area contributed by atoms with Crippen LogP contribution in [0.3, 0.4) is 0 Å². The van der Waals surface area contributed by atoms with Gasteiger partial charge in [0.05, 0.1) is 7.11 Å². The smallest absolute Gasteiger partial charge is 0.492 e. The highest BCUT2D eigenvalue weighted by Crippen LogP contribution is 2.17. The first-order chi connectivity index (χ1) is 10.0. The molecule has 2 aromatic rings. The Morgan fingerprint density at radius 2 is 1.81 bits per heavy atom. The summed E-state index contributed by atoms with van der Waals surface area (Å²) in [7, 11) is 1.77. The number of benzene rings is 2. The third kappa shape index (κ3) is 3.74. The fourth-order valence-electron chi connectivity index (χ4n) is 2.14. The summed E-state index contributed by atoms with van der Waals surface area (Å²) in [6.45, 7) is 0.551. The van der Waals surface area contributed by atoms with Gasteiger partial charge in [-0.2, -0.15) is 0 Å². The van der Waals surface area contributed by atoms with Crippen LogP contribution in [-0.4, -0.2) is 31.3 Å². The van der Waals surface area contributed by atoms with E-state index in [-0.39, 0.29) is 5.82 Å². The van der Waals surface area contributed by atoms with Crippen LogP contribution >= 0.6 is 0 Å². The fraction of sp³-hybridized carbons (Fsp3) is 0.200. The van der Waals surface area contributed by atoms with Crippen molar-refractivity contribution in [2.75, 3.05) is 19.1 Å². The SMILES string of the molecule is COc1ccc(CN(C)c2ccc(F)cc2)cc1B(O)O. The van der Waals surface area contributed by atoms with Gasteiger partial charge < -0.3 is 19.7 Å². The minimum Gasteiger partial charge on any atom is -0.497 e. The molecule has 21 heavy (non-hydrogen) atoms. The van der Waals surface area contributed by atoms with Gasteiger partial charge in [0, 0.05) is 24.7 Å². The van der Waals surface area contributed by atoms with E-state index in [1.807, 2.05) is 18.0 Å². The molecule has 110 valence electrons. The molecule has 0 atom stereocenters. The van der Waals surface area contributed by atoms with Gasteiger partial charge in [-0.3, -0.25) is 0 Å². The van der Waals surface area contributed by atoms with E-state index in [1.165, 1.54) is 19.2 Å². The van der Waals surface area contributed by atoms with E-state index in [0.29, 0.717) is 17.8 Å². The molecule has 0 fully saturated rings. The highest BCUT2D eigenvalue weighted by Gasteiger charge is 2.17. The standard InChI is InChI=1S/C15H17BFNO3/c1-18(13-6-4-12(17)5-7-13)10-11-3-8-15(21-2)14(9-11)16(19)20/h3-9,19-20H,10H2,1-2H3. The van der Waals surface area contributed by atoms with E-state index in [9.17, 15) is 14.4 Å². The van der Waals surface area contributed by atoms with Crippen LogP contribution in [0, 0.1) is 5.82 Å². The van der Waals surface area contributed by atoms with Crippen molar-refractivity contribution in [2.24, 2.45) is 0 Å². The van der Waals surface area contributed by atoms with E-state index in [1.54, 1.807) is 24.3 Å². The number of anilines is 1. The van der Waals surface area contributed by atoms with Gasteiger partial charge in [-0.25, -0.2) is 4.39 Å². The molecule has 4 nitrogen and oxygen atoms in total. The van der Waals surface area contributed by atoms with Crippen LogP contribution in [0.5, 0.6) is 5.75 Å². The summed E-state index contributed by atoms with van der Waals surface area (Å²) < 4.78 is 18.0. The highest BCUT2D eigenvalue weighted by molar-refractivity contribution is 6.59. The van der Waals surface area contributed by atoms with Crippen LogP contribution in [0.15, 0.2) is 42.5 Å². The number of hydrogen-bond donors (Lipinski definition) is 2. The summed E-state index contributed by atoms with van der Waals surface area (Å²) in [6.07, 6.45) is 0. The van der Waals surface area contributed by atoms with E-state index in [2.05, 4.69) is 0 Å².